The van der Waals surface area contributed by atoms with Gasteiger partial charge < -0.3 is 20.1 Å². The zero-order valence-corrected chi connectivity index (χ0v) is 18.8. The molecule has 2 heterocycles. The van der Waals surface area contributed by atoms with E-state index < -0.39 is 12.0 Å². The van der Waals surface area contributed by atoms with Gasteiger partial charge in [0, 0.05) is 31.3 Å². The highest BCUT2D eigenvalue weighted by Gasteiger charge is 2.38. The molecule has 1 aromatic heterocycles. The van der Waals surface area contributed by atoms with Crippen LogP contribution in [-0.2, 0) is 17.5 Å². The number of benzene rings is 2. The predicted octanol–water partition coefficient (Wildman–Crippen LogP) is 3.29. The molecule has 0 radical (unpaired) electrons. The smallest absolute Gasteiger partial charge is 0.453 e. The maximum Gasteiger partial charge on any atom is 0.453 e. The Labute approximate surface area is 195 Å². The molecule has 0 aliphatic carbocycles. The lowest BCUT2D eigenvalue weighted by Crippen LogP contribution is -2.45. The highest BCUT2D eigenvalue weighted by molar-refractivity contribution is 5.44. The molecule has 0 amide bonds. The number of aromatic nitrogens is 4. The highest BCUT2D eigenvalue weighted by Crippen LogP contribution is 2.30. The largest absolute Gasteiger partial charge is 0.491 e. The molecule has 2 N–H and O–H groups in total. The van der Waals surface area contributed by atoms with Gasteiger partial charge in [0.1, 0.15) is 12.4 Å². The topological polar surface area (TPSA) is 86.1 Å². The van der Waals surface area contributed by atoms with Crippen LogP contribution in [0.1, 0.15) is 35.8 Å². The highest BCUT2D eigenvalue weighted by atomic mass is 19.4. The van der Waals surface area contributed by atoms with Gasteiger partial charge in [0.15, 0.2) is 0 Å². The maximum atomic E-state index is 13.3. The summed E-state index contributed by atoms with van der Waals surface area (Å²) in [6.45, 7) is 2.04. The molecular formula is C23H27F3N6O2. The number of hydrogen-bond donors (Lipinski definition) is 2. The van der Waals surface area contributed by atoms with Crippen LogP contribution in [0.3, 0.4) is 0 Å². The molecule has 0 bridgehead atoms. The Morgan fingerprint density at radius 1 is 1.15 bits per heavy atom. The fourth-order valence-electron chi connectivity index (χ4n) is 4.11. The predicted molar refractivity (Wildman–Crippen MR) is 119 cm³/mol. The van der Waals surface area contributed by atoms with Gasteiger partial charge in [-0.1, -0.05) is 30.3 Å². The Morgan fingerprint density at radius 2 is 1.97 bits per heavy atom. The Balaban J connectivity index is 1.58. The lowest BCUT2D eigenvalue weighted by atomic mass is 9.92. The van der Waals surface area contributed by atoms with Crippen LogP contribution >= 0.6 is 0 Å². The van der Waals surface area contributed by atoms with E-state index in [1.807, 2.05) is 18.2 Å². The normalized spacial score (nSPS) is 18.7. The second-order valence-corrected chi connectivity index (χ2v) is 8.02. The van der Waals surface area contributed by atoms with E-state index in [0.29, 0.717) is 35.8 Å². The van der Waals surface area contributed by atoms with Gasteiger partial charge in [-0.15, -0.1) is 5.10 Å². The molecule has 8 nitrogen and oxygen atoms in total. The minimum absolute atomic E-state index is 0.132. The third-order valence-electron chi connectivity index (χ3n) is 5.73. The van der Waals surface area contributed by atoms with Crippen LogP contribution in [0.5, 0.6) is 5.75 Å². The second-order valence-electron chi connectivity index (χ2n) is 8.02. The van der Waals surface area contributed by atoms with Gasteiger partial charge >= 0.3 is 6.18 Å². The van der Waals surface area contributed by atoms with Crippen molar-refractivity contribution in [3.8, 4) is 11.4 Å². The van der Waals surface area contributed by atoms with Crippen LogP contribution in [0, 0.1) is 0 Å². The van der Waals surface area contributed by atoms with E-state index in [0.717, 1.165) is 19.4 Å². The van der Waals surface area contributed by atoms with Crippen molar-refractivity contribution in [2.45, 2.75) is 37.6 Å². The molecular weight excluding hydrogens is 449 g/mol. The monoisotopic (exact) mass is 476 g/mol. The molecule has 2 aromatic carbocycles. The van der Waals surface area contributed by atoms with Gasteiger partial charge in [-0.25, -0.2) is 0 Å². The van der Waals surface area contributed by atoms with E-state index in [1.165, 1.54) is 11.6 Å². The van der Waals surface area contributed by atoms with E-state index in [2.05, 4.69) is 38.3 Å². The van der Waals surface area contributed by atoms with Gasteiger partial charge in [-0.05, 0) is 53.6 Å². The number of halogens is 3. The molecule has 4 rings (SSSR count). The molecule has 2 atom stereocenters. The summed E-state index contributed by atoms with van der Waals surface area (Å²) < 4.78 is 51.6. The van der Waals surface area contributed by atoms with Crippen LogP contribution in [0.4, 0.5) is 13.2 Å². The molecule has 3 aromatic rings. The quantitative estimate of drug-likeness (QED) is 0.459. The second kappa shape index (κ2) is 10.9. The van der Waals surface area contributed by atoms with Crippen molar-refractivity contribution in [2.75, 3.05) is 26.9 Å². The Morgan fingerprint density at radius 3 is 2.74 bits per heavy atom. The van der Waals surface area contributed by atoms with Crippen molar-refractivity contribution in [3.05, 3.63) is 65.5 Å². The third kappa shape index (κ3) is 5.72. The zero-order valence-electron chi connectivity index (χ0n) is 18.8. The SMILES string of the molecule is COCCOc1ccc(-n2nnnc2C(F)(F)F)cc1CN[C@H]1CCCN[C@H]1c1ccccc1. The maximum absolute atomic E-state index is 13.3. The molecule has 0 saturated carbocycles. The molecule has 1 aliphatic heterocycles. The van der Waals surface area contributed by atoms with E-state index in [1.54, 1.807) is 19.2 Å². The summed E-state index contributed by atoms with van der Waals surface area (Å²) in [4.78, 5) is 0. The minimum Gasteiger partial charge on any atom is -0.491 e. The van der Waals surface area contributed by atoms with Gasteiger partial charge in [-0.2, -0.15) is 17.9 Å². The molecule has 0 spiro atoms. The van der Waals surface area contributed by atoms with Gasteiger partial charge in [0.2, 0.25) is 0 Å². The first-order valence-electron chi connectivity index (χ1n) is 11.1. The van der Waals surface area contributed by atoms with Crippen LogP contribution in [0.25, 0.3) is 5.69 Å². The van der Waals surface area contributed by atoms with Crippen molar-refractivity contribution in [3.63, 3.8) is 0 Å². The lowest BCUT2D eigenvalue weighted by Gasteiger charge is -2.34. The first-order chi connectivity index (χ1) is 16.5. The van der Waals surface area contributed by atoms with E-state index in [9.17, 15) is 13.2 Å². The first-order valence-corrected chi connectivity index (χ1v) is 11.1. The fourth-order valence-corrected chi connectivity index (χ4v) is 4.11. The molecule has 34 heavy (non-hydrogen) atoms. The average Bonchev–Trinajstić information content (AvgIpc) is 3.35. The molecule has 182 valence electrons. The number of piperidine rings is 1. The third-order valence-corrected chi connectivity index (χ3v) is 5.73. The minimum atomic E-state index is -4.67. The summed E-state index contributed by atoms with van der Waals surface area (Å²) in [6, 6.07) is 15.2. The van der Waals surface area contributed by atoms with Gasteiger partial charge in [0.25, 0.3) is 5.82 Å². The lowest BCUT2D eigenvalue weighted by molar-refractivity contribution is -0.146. The summed E-state index contributed by atoms with van der Waals surface area (Å²) in [5.41, 5.74) is 2.10. The van der Waals surface area contributed by atoms with Crippen LogP contribution < -0.4 is 15.4 Å². The summed E-state index contributed by atoms with van der Waals surface area (Å²) in [5.74, 6) is -0.616. The summed E-state index contributed by atoms with van der Waals surface area (Å²) in [6.07, 6.45) is -2.68. The van der Waals surface area contributed by atoms with Crippen molar-refractivity contribution in [1.82, 2.24) is 30.8 Å². The molecule has 1 fully saturated rings. The number of tetrazole rings is 1. The van der Waals surface area contributed by atoms with E-state index in [-0.39, 0.29) is 17.8 Å². The van der Waals surface area contributed by atoms with E-state index in [4.69, 9.17) is 9.47 Å². The molecule has 1 aliphatic rings. The van der Waals surface area contributed by atoms with Crippen molar-refractivity contribution < 1.29 is 22.6 Å². The van der Waals surface area contributed by atoms with Crippen LogP contribution in [-0.4, -0.2) is 53.1 Å². The Bertz CT molecular complexity index is 1060. The number of rotatable bonds is 9. The number of nitrogens with zero attached hydrogens (tertiary/aromatic N) is 4. The Kier molecular flexibility index (Phi) is 7.76. The molecule has 0 unspecified atom stereocenters. The number of nitrogens with one attached hydrogen (secondary N) is 2. The van der Waals surface area contributed by atoms with E-state index >= 15 is 0 Å². The van der Waals surface area contributed by atoms with Crippen molar-refractivity contribution in [2.24, 2.45) is 0 Å². The van der Waals surface area contributed by atoms with Crippen molar-refractivity contribution >= 4 is 0 Å². The number of alkyl halides is 3. The fraction of sp³-hybridized carbons (Fsp3) is 0.435. The van der Waals surface area contributed by atoms with Crippen molar-refractivity contribution in [1.29, 1.82) is 0 Å². The van der Waals surface area contributed by atoms with Gasteiger partial charge in [0.05, 0.1) is 12.3 Å². The summed E-state index contributed by atoms with van der Waals surface area (Å²) in [5, 5.41) is 17.0. The average molecular weight is 477 g/mol. The molecule has 1 saturated heterocycles. The number of ether oxygens (including phenoxy) is 2. The number of methoxy groups -OCH3 is 1. The summed E-state index contributed by atoms with van der Waals surface area (Å²) in [7, 11) is 1.57. The summed E-state index contributed by atoms with van der Waals surface area (Å²) >= 11 is 0. The first kappa shape index (κ1) is 24.1. The number of hydrogen-bond acceptors (Lipinski definition) is 7. The standard InChI is InChI=1S/C23H27F3N6O2/c1-33-12-13-34-20-10-9-18(32-22(23(24,25)26)29-30-31-32)14-17(20)15-28-19-8-5-11-27-21(19)16-6-3-2-4-7-16/h2-4,6-7,9-10,14,19,21,27-28H,5,8,11-13,15H2,1H3/t19-,21-/m0/s1. The van der Waals surface area contributed by atoms with Crippen LogP contribution in [0.15, 0.2) is 48.5 Å². The van der Waals surface area contributed by atoms with Gasteiger partial charge in [-0.3, -0.25) is 0 Å². The molecule has 11 heteroatoms. The van der Waals surface area contributed by atoms with Crippen LogP contribution in [0.2, 0.25) is 0 Å². The zero-order chi connectivity index (χ0) is 24.0. The Hall–Kier alpha value is -3.02.